The van der Waals surface area contributed by atoms with Gasteiger partial charge in [-0.2, -0.15) is 9.59 Å². The van der Waals surface area contributed by atoms with Gasteiger partial charge in [0.1, 0.15) is 0 Å². The van der Waals surface area contributed by atoms with Crippen molar-refractivity contribution in [3.05, 3.63) is 108 Å². The molecule has 6 heteroatoms. The van der Waals surface area contributed by atoms with E-state index in [2.05, 4.69) is 66.1 Å². The molecule has 2 N–H and O–H groups in total. The van der Waals surface area contributed by atoms with Gasteiger partial charge in [-0.05, 0) is 66.1 Å². The van der Waals surface area contributed by atoms with Gasteiger partial charge in [-0.15, -0.1) is 0 Å². The molecule has 170 valence electrons. The van der Waals surface area contributed by atoms with Crippen LogP contribution in [0.5, 0.6) is 0 Å². The summed E-state index contributed by atoms with van der Waals surface area (Å²) in [5.74, 6) is -0.362. The molecule has 0 saturated carbocycles. The number of carbonyl (C=O) groups excluding carboxylic acids is 3. The number of esters is 1. The molecule has 0 aliphatic rings. The molecular formula is C28H24N2O4. The molecule has 0 fully saturated rings. The summed E-state index contributed by atoms with van der Waals surface area (Å²) in [5.41, 5.74) is 7.75. The average molecular weight is 453 g/mol. The second-order valence-electron chi connectivity index (χ2n) is 7.34. The van der Waals surface area contributed by atoms with Crippen molar-refractivity contribution in [1.29, 1.82) is 0 Å². The lowest BCUT2D eigenvalue weighted by atomic mass is 10.0. The monoisotopic (exact) mass is 452 g/mol. The Morgan fingerprint density at radius 1 is 0.676 bits per heavy atom. The summed E-state index contributed by atoms with van der Waals surface area (Å²) >= 11 is 0. The van der Waals surface area contributed by atoms with Crippen molar-refractivity contribution >= 4 is 34.9 Å². The van der Waals surface area contributed by atoms with Gasteiger partial charge in [-0.25, -0.2) is 4.79 Å². The maximum Gasteiger partial charge on any atom is 0.373 e. The highest BCUT2D eigenvalue weighted by Gasteiger charge is 2.11. The van der Waals surface area contributed by atoms with E-state index in [1.165, 1.54) is 12.7 Å². The van der Waals surface area contributed by atoms with Gasteiger partial charge in [0.15, 0.2) is 0 Å². The van der Waals surface area contributed by atoms with Gasteiger partial charge in [-0.3, -0.25) is 0 Å². The van der Waals surface area contributed by atoms with Crippen LogP contribution in [0.2, 0.25) is 0 Å². The molecule has 0 aliphatic heterocycles. The summed E-state index contributed by atoms with van der Waals surface area (Å²) in [5, 5.41) is 6.76. The maximum absolute atomic E-state index is 12.0. The van der Waals surface area contributed by atoms with E-state index in [9.17, 15) is 4.79 Å². The number of carbonyl (C=O) groups is 1. The molecule has 0 radical (unpaired) electrons. The Bertz CT molecular complexity index is 1280. The molecule has 0 bridgehead atoms. The zero-order chi connectivity index (χ0) is 24.3. The highest BCUT2D eigenvalue weighted by atomic mass is 16.5. The van der Waals surface area contributed by atoms with Crippen molar-refractivity contribution < 1.29 is 19.1 Å². The lowest BCUT2D eigenvalue weighted by Gasteiger charge is -2.12. The first-order chi connectivity index (χ1) is 16.5. The third kappa shape index (κ3) is 6.19. The maximum atomic E-state index is 12.0. The Hall–Kier alpha value is -4.67. The normalized spacial score (nSPS) is 9.71. The van der Waals surface area contributed by atoms with E-state index in [1.807, 2.05) is 42.5 Å². The summed E-state index contributed by atoms with van der Waals surface area (Å²) in [7, 11) is 1.38. The van der Waals surface area contributed by atoms with Gasteiger partial charge in [0.25, 0.3) is 0 Å². The molecule has 4 aromatic rings. The van der Waals surface area contributed by atoms with Crippen LogP contribution < -0.4 is 10.6 Å². The Labute approximate surface area is 198 Å². The highest BCUT2D eigenvalue weighted by molar-refractivity contribution is 5.96. The first-order valence-corrected chi connectivity index (χ1v) is 10.5. The summed E-state index contributed by atoms with van der Waals surface area (Å²) in [4.78, 5) is 28.2. The van der Waals surface area contributed by atoms with Crippen LogP contribution in [0.4, 0.5) is 22.7 Å². The molecular weight excluding hydrogens is 428 g/mol. The lowest BCUT2D eigenvalue weighted by Crippen LogP contribution is -2.05. The number of benzene rings is 4. The molecule has 0 saturated heterocycles. The minimum atomic E-state index is -0.362. The van der Waals surface area contributed by atoms with Crippen LogP contribution in [-0.2, 0) is 14.3 Å². The Kier molecular flexibility index (Phi) is 8.33. The molecule has 0 amide bonds. The van der Waals surface area contributed by atoms with Crippen LogP contribution in [0.25, 0.3) is 11.1 Å². The van der Waals surface area contributed by atoms with Crippen molar-refractivity contribution in [3.8, 4) is 11.1 Å². The SMILES string of the molecule is COC(=O)c1ccccc1Nc1ccc(-c2ccc(Nc3ccccc3C)cc2)cc1.O=C=O. The van der Waals surface area contributed by atoms with Crippen LogP contribution >= 0.6 is 0 Å². The molecule has 34 heavy (non-hydrogen) atoms. The van der Waals surface area contributed by atoms with E-state index >= 15 is 0 Å². The van der Waals surface area contributed by atoms with Crippen molar-refractivity contribution in [3.63, 3.8) is 0 Å². The molecule has 0 aliphatic carbocycles. The predicted octanol–water partition coefficient (Wildman–Crippen LogP) is 6.35. The summed E-state index contributed by atoms with van der Waals surface area (Å²) < 4.78 is 4.86. The number of hydrogen-bond donors (Lipinski definition) is 2. The molecule has 0 unspecified atom stereocenters. The zero-order valence-electron chi connectivity index (χ0n) is 18.9. The number of para-hydroxylation sites is 2. The number of aryl methyl sites for hydroxylation is 1. The number of methoxy groups -OCH3 is 1. The van der Waals surface area contributed by atoms with Gasteiger partial charge in [-0.1, -0.05) is 54.6 Å². The number of ether oxygens (including phenoxy) is 1. The fraction of sp³-hybridized carbons (Fsp3) is 0.0714. The van der Waals surface area contributed by atoms with Gasteiger partial charge in [0.05, 0.1) is 18.4 Å². The summed E-state index contributed by atoms with van der Waals surface area (Å²) in [6.07, 6.45) is 0.250. The van der Waals surface area contributed by atoms with Gasteiger partial charge < -0.3 is 15.4 Å². The van der Waals surface area contributed by atoms with Crippen LogP contribution in [0.15, 0.2) is 97.1 Å². The molecule has 0 spiro atoms. The van der Waals surface area contributed by atoms with Gasteiger partial charge >= 0.3 is 12.1 Å². The Morgan fingerprint density at radius 3 is 1.62 bits per heavy atom. The predicted molar refractivity (Wildman–Crippen MR) is 132 cm³/mol. The minimum Gasteiger partial charge on any atom is -0.465 e. The van der Waals surface area contributed by atoms with E-state index in [4.69, 9.17) is 14.3 Å². The number of anilines is 4. The summed E-state index contributed by atoms with van der Waals surface area (Å²) in [6.45, 7) is 2.09. The van der Waals surface area contributed by atoms with Crippen molar-refractivity contribution in [1.82, 2.24) is 0 Å². The molecule has 6 nitrogen and oxygen atoms in total. The number of hydrogen-bond acceptors (Lipinski definition) is 6. The van der Waals surface area contributed by atoms with E-state index in [-0.39, 0.29) is 12.1 Å². The van der Waals surface area contributed by atoms with Crippen LogP contribution in [0.3, 0.4) is 0 Å². The molecule has 0 heterocycles. The molecule has 4 aromatic carbocycles. The zero-order valence-corrected chi connectivity index (χ0v) is 18.9. The second kappa shape index (κ2) is 11.8. The smallest absolute Gasteiger partial charge is 0.373 e. The van der Waals surface area contributed by atoms with Crippen molar-refractivity contribution in [2.45, 2.75) is 6.92 Å². The van der Waals surface area contributed by atoms with Gasteiger partial charge in [0.2, 0.25) is 0 Å². The topological polar surface area (TPSA) is 84.5 Å². The molecule has 4 rings (SSSR count). The third-order valence-electron chi connectivity index (χ3n) is 5.14. The second-order valence-corrected chi connectivity index (χ2v) is 7.34. The third-order valence-corrected chi connectivity index (χ3v) is 5.14. The van der Waals surface area contributed by atoms with E-state index in [1.54, 1.807) is 6.07 Å². The lowest BCUT2D eigenvalue weighted by molar-refractivity contribution is -0.191. The van der Waals surface area contributed by atoms with Crippen LogP contribution in [0, 0.1) is 6.92 Å². The van der Waals surface area contributed by atoms with Gasteiger partial charge in [0, 0.05) is 17.1 Å². The quantitative estimate of drug-likeness (QED) is 0.332. The van der Waals surface area contributed by atoms with E-state index < -0.39 is 0 Å². The average Bonchev–Trinajstić information content (AvgIpc) is 2.87. The summed E-state index contributed by atoms with van der Waals surface area (Å²) in [6, 6.07) is 32.1. The largest absolute Gasteiger partial charge is 0.465 e. The number of rotatable bonds is 6. The first kappa shape index (κ1) is 24.0. The Morgan fingerprint density at radius 2 is 1.12 bits per heavy atom. The number of nitrogens with one attached hydrogen (secondary N) is 2. The molecule has 0 atom stereocenters. The fourth-order valence-corrected chi connectivity index (χ4v) is 3.40. The highest BCUT2D eigenvalue weighted by Crippen LogP contribution is 2.27. The van der Waals surface area contributed by atoms with Crippen LogP contribution in [-0.4, -0.2) is 19.2 Å². The van der Waals surface area contributed by atoms with Crippen molar-refractivity contribution in [2.75, 3.05) is 17.7 Å². The van der Waals surface area contributed by atoms with Crippen LogP contribution in [0.1, 0.15) is 15.9 Å². The standard InChI is InChI=1S/C27H24N2O2.CO2/c1-19-7-3-5-9-25(19)28-22-15-11-20(12-16-22)21-13-17-23(18-14-21)29-26-10-6-4-8-24(26)27(30)31-2;2-1-3/h3-18,28-29H,1-2H3;. The Balaban J connectivity index is 0.00000103. The van der Waals surface area contributed by atoms with E-state index in [0.29, 0.717) is 11.3 Å². The fourth-order valence-electron chi connectivity index (χ4n) is 3.40. The van der Waals surface area contributed by atoms with Crippen molar-refractivity contribution in [2.24, 2.45) is 0 Å². The minimum absolute atomic E-state index is 0.250. The first-order valence-electron chi connectivity index (χ1n) is 10.5. The van der Waals surface area contributed by atoms with E-state index in [0.717, 1.165) is 28.2 Å². The molecule has 0 aromatic heterocycles.